The van der Waals surface area contributed by atoms with E-state index in [4.69, 9.17) is 16.9 Å². The maximum absolute atomic E-state index is 14.3. The molecule has 0 spiro atoms. The zero-order valence-electron chi connectivity index (χ0n) is 13.9. The first-order valence-electron chi connectivity index (χ1n) is 8.28. The van der Waals surface area contributed by atoms with Crippen LogP contribution in [0.15, 0.2) is 24.4 Å². The van der Waals surface area contributed by atoms with Gasteiger partial charge in [-0.15, -0.1) is 0 Å². The molecule has 0 radical (unpaired) electrons. The van der Waals surface area contributed by atoms with E-state index in [1.165, 1.54) is 12.4 Å². The molecule has 2 aromatic rings. The fraction of sp³-hybridized carbons (Fsp3) is 0.353. The number of nitrogens with zero attached hydrogens (tertiary/aromatic N) is 3. The maximum Gasteiger partial charge on any atom is 0.229 e. The summed E-state index contributed by atoms with van der Waals surface area (Å²) in [5.74, 6) is 0.112. The summed E-state index contributed by atoms with van der Waals surface area (Å²) >= 11 is 0. The van der Waals surface area contributed by atoms with Crippen molar-refractivity contribution in [3.63, 3.8) is 0 Å². The van der Waals surface area contributed by atoms with E-state index in [0.717, 1.165) is 25.8 Å². The van der Waals surface area contributed by atoms with Gasteiger partial charge in [0.25, 0.3) is 0 Å². The number of rotatable bonds is 5. The molecule has 2 heterocycles. The Balaban J connectivity index is 1.86. The van der Waals surface area contributed by atoms with Gasteiger partial charge in [-0.2, -0.15) is 4.98 Å². The predicted molar refractivity (Wildman–Crippen MR) is 98.1 cm³/mol. The molecule has 0 aliphatic carbocycles. The summed E-state index contributed by atoms with van der Waals surface area (Å²) in [4.78, 5) is 10.3. The molecular weight excluding hydrogens is 321 g/mol. The van der Waals surface area contributed by atoms with Crippen molar-refractivity contribution in [1.29, 1.82) is 5.41 Å². The van der Waals surface area contributed by atoms with Gasteiger partial charge < -0.3 is 27.1 Å². The number of hydrogen-bond donors (Lipinski definition) is 4. The fourth-order valence-corrected chi connectivity index (χ4v) is 3.06. The Kier molecular flexibility index (Phi) is 5.08. The van der Waals surface area contributed by atoms with Crippen molar-refractivity contribution in [3.05, 3.63) is 35.8 Å². The van der Waals surface area contributed by atoms with Gasteiger partial charge >= 0.3 is 0 Å². The first-order chi connectivity index (χ1) is 12.1. The van der Waals surface area contributed by atoms with Crippen molar-refractivity contribution < 1.29 is 4.39 Å². The molecule has 8 heteroatoms. The van der Waals surface area contributed by atoms with Crippen LogP contribution >= 0.6 is 0 Å². The van der Waals surface area contributed by atoms with Gasteiger partial charge in [0.2, 0.25) is 5.95 Å². The Bertz CT molecular complexity index is 765. The molecule has 1 fully saturated rings. The van der Waals surface area contributed by atoms with E-state index >= 15 is 0 Å². The number of benzene rings is 1. The first kappa shape index (κ1) is 17.1. The van der Waals surface area contributed by atoms with Gasteiger partial charge in [0.1, 0.15) is 0 Å². The number of hydrogen-bond acceptors (Lipinski definition) is 7. The quantitative estimate of drug-likeness (QED) is 0.489. The molecule has 25 heavy (non-hydrogen) atoms. The van der Waals surface area contributed by atoms with Crippen LogP contribution < -0.4 is 21.7 Å². The van der Waals surface area contributed by atoms with Gasteiger partial charge in [-0.1, -0.05) is 0 Å². The topological polar surface area (TPSA) is 117 Å². The average molecular weight is 343 g/mol. The second kappa shape index (κ2) is 7.43. The number of anilines is 4. The molecule has 1 aromatic heterocycles. The van der Waals surface area contributed by atoms with Crippen molar-refractivity contribution >= 4 is 29.4 Å². The van der Waals surface area contributed by atoms with Crippen molar-refractivity contribution in [1.82, 2.24) is 9.97 Å². The molecule has 6 N–H and O–H groups in total. The zero-order valence-corrected chi connectivity index (χ0v) is 13.9. The number of piperidine rings is 1. The molecule has 1 aliphatic rings. The highest BCUT2D eigenvalue weighted by Crippen LogP contribution is 2.27. The SMILES string of the molecule is N=Cc1ccc(Nc2ncc(F)c(N3CCCCC3CN)n2)cc1N. The summed E-state index contributed by atoms with van der Waals surface area (Å²) < 4.78 is 14.3. The minimum atomic E-state index is -0.454. The molecule has 0 bridgehead atoms. The molecule has 1 aromatic carbocycles. The highest BCUT2D eigenvalue weighted by Gasteiger charge is 2.25. The lowest BCUT2D eigenvalue weighted by atomic mass is 10.0. The third-order valence-corrected chi connectivity index (χ3v) is 4.40. The van der Waals surface area contributed by atoms with E-state index in [2.05, 4.69) is 15.3 Å². The van der Waals surface area contributed by atoms with E-state index in [9.17, 15) is 4.39 Å². The normalized spacial score (nSPS) is 17.4. The summed E-state index contributed by atoms with van der Waals surface area (Å²) in [5.41, 5.74) is 13.5. The predicted octanol–water partition coefficient (Wildman–Crippen LogP) is 2.26. The summed E-state index contributed by atoms with van der Waals surface area (Å²) in [6, 6.07) is 5.28. The highest BCUT2D eigenvalue weighted by molar-refractivity contribution is 5.86. The molecule has 0 saturated carbocycles. The highest BCUT2D eigenvalue weighted by atomic mass is 19.1. The van der Waals surface area contributed by atoms with Gasteiger partial charge in [-0.25, -0.2) is 9.37 Å². The molecule has 1 unspecified atom stereocenters. The van der Waals surface area contributed by atoms with Crippen molar-refractivity contribution in [2.24, 2.45) is 5.73 Å². The Labute approximate surface area is 145 Å². The molecule has 1 aliphatic heterocycles. The average Bonchev–Trinajstić information content (AvgIpc) is 2.63. The lowest BCUT2D eigenvalue weighted by Gasteiger charge is -2.36. The van der Waals surface area contributed by atoms with Crippen LogP contribution in [0.2, 0.25) is 0 Å². The number of halogens is 1. The number of nitrogens with one attached hydrogen (secondary N) is 2. The van der Waals surface area contributed by atoms with E-state index < -0.39 is 5.82 Å². The van der Waals surface area contributed by atoms with Crippen molar-refractivity contribution in [2.45, 2.75) is 25.3 Å². The molecule has 1 saturated heterocycles. The smallest absolute Gasteiger partial charge is 0.229 e. The second-order valence-electron chi connectivity index (χ2n) is 6.06. The lowest BCUT2D eigenvalue weighted by molar-refractivity contribution is 0.453. The van der Waals surface area contributed by atoms with Gasteiger partial charge in [0, 0.05) is 42.3 Å². The summed E-state index contributed by atoms with van der Waals surface area (Å²) in [7, 11) is 0. The van der Waals surface area contributed by atoms with Crippen LogP contribution in [-0.4, -0.2) is 35.3 Å². The summed E-state index contributed by atoms with van der Waals surface area (Å²) in [6.45, 7) is 1.20. The number of nitrogen functional groups attached to an aromatic ring is 1. The third-order valence-electron chi connectivity index (χ3n) is 4.40. The Morgan fingerprint density at radius 3 is 2.96 bits per heavy atom. The minimum absolute atomic E-state index is 0.0912. The van der Waals surface area contributed by atoms with Gasteiger partial charge in [0.05, 0.1) is 6.20 Å². The van der Waals surface area contributed by atoms with Gasteiger partial charge in [-0.3, -0.25) is 0 Å². The van der Waals surface area contributed by atoms with Gasteiger partial charge in [0.15, 0.2) is 11.6 Å². The molecule has 132 valence electrons. The first-order valence-corrected chi connectivity index (χ1v) is 8.28. The van der Waals surface area contributed by atoms with E-state index in [1.807, 2.05) is 4.90 Å². The van der Waals surface area contributed by atoms with Crippen LogP contribution in [0, 0.1) is 11.2 Å². The van der Waals surface area contributed by atoms with Crippen molar-refractivity contribution in [3.8, 4) is 0 Å². The van der Waals surface area contributed by atoms with Crippen LogP contribution in [0.4, 0.5) is 27.5 Å². The standard InChI is InChI=1S/C17H22FN7/c18-14-10-22-17(23-12-5-4-11(8-19)15(21)7-12)24-16(14)25-6-2-1-3-13(25)9-20/h4-5,7-8,10,13,19H,1-3,6,9,20-21H2,(H,22,23,24). The summed E-state index contributed by atoms with van der Waals surface area (Å²) in [6.07, 6.45) is 5.38. The van der Waals surface area contributed by atoms with Crippen LogP contribution in [0.25, 0.3) is 0 Å². The largest absolute Gasteiger partial charge is 0.398 e. The van der Waals surface area contributed by atoms with Crippen LogP contribution in [0.5, 0.6) is 0 Å². The van der Waals surface area contributed by atoms with E-state index in [1.54, 1.807) is 18.2 Å². The molecule has 0 amide bonds. The van der Waals surface area contributed by atoms with Crippen LogP contribution in [-0.2, 0) is 0 Å². The second-order valence-corrected chi connectivity index (χ2v) is 6.06. The Morgan fingerprint density at radius 2 is 2.24 bits per heavy atom. The Morgan fingerprint density at radius 1 is 1.40 bits per heavy atom. The molecule has 3 rings (SSSR count). The van der Waals surface area contributed by atoms with Crippen molar-refractivity contribution in [2.75, 3.05) is 29.0 Å². The summed E-state index contributed by atoms with van der Waals surface area (Å²) in [5, 5.41) is 10.3. The van der Waals surface area contributed by atoms with Crippen LogP contribution in [0.1, 0.15) is 24.8 Å². The molecule has 7 nitrogen and oxygen atoms in total. The monoisotopic (exact) mass is 343 g/mol. The maximum atomic E-state index is 14.3. The minimum Gasteiger partial charge on any atom is -0.398 e. The number of aromatic nitrogens is 2. The lowest BCUT2D eigenvalue weighted by Crippen LogP contribution is -2.45. The number of nitrogens with two attached hydrogens (primary N) is 2. The Hall–Kier alpha value is -2.74. The molecule has 1 atom stereocenters. The zero-order chi connectivity index (χ0) is 17.8. The van der Waals surface area contributed by atoms with E-state index in [-0.39, 0.29) is 11.9 Å². The van der Waals surface area contributed by atoms with Crippen LogP contribution in [0.3, 0.4) is 0 Å². The molecular formula is C17H22FN7. The van der Waals surface area contributed by atoms with E-state index in [0.29, 0.717) is 29.4 Å². The fourth-order valence-electron chi connectivity index (χ4n) is 3.06. The third kappa shape index (κ3) is 3.69. The van der Waals surface area contributed by atoms with Gasteiger partial charge in [-0.05, 0) is 37.5 Å².